The van der Waals surface area contributed by atoms with Crippen molar-refractivity contribution in [2.24, 2.45) is 0 Å². The van der Waals surface area contributed by atoms with E-state index in [2.05, 4.69) is 5.32 Å². The second-order valence-electron chi connectivity index (χ2n) is 2.96. The zero-order chi connectivity index (χ0) is 11.4. The Labute approximate surface area is 97.6 Å². The van der Waals surface area contributed by atoms with Gasteiger partial charge >= 0.3 is 0 Å². The molecule has 1 rings (SSSR count). The van der Waals surface area contributed by atoms with Crippen LogP contribution >= 0.6 is 23.2 Å². The largest absolute Gasteiger partial charge is 0.323 e. The van der Waals surface area contributed by atoms with Gasteiger partial charge in [-0.25, -0.2) is 0 Å². The number of anilines is 1. The van der Waals surface area contributed by atoms with E-state index in [-0.39, 0.29) is 0 Å². The van der Waals surface area contributed by atoms with E-state index in [4.69, 9.17) is 28.5 Å². The van der Waals surface area contributed by atoms with E-state index in [9.17, 15) is 4.79 Å². The number of carbonyl (C=O) groups excluding carboxylic acids is 1. The summed E-state index contributed by atoms with van der Waals surface area (Å²) in [7, 11) is 0. The Morgan fingerprint density at radius 1 is 1.60 bits per heavy atom. The fraction of sp³-hybridized carbons (Fsp3) is 0.200. The van der Waals surface area contributed by atoms with Gasteiger partial charge in [0.05, 0.1) is 16.8 Å². The molecule has 0 bridgehead atoms. The molecule has 5 heteroatoms. The van der Waals surface area contributed by atoms with Crippen LogP contribution in [0.1, 0.15) is 5.56 Å². The number of hydrogen-bond acceptors (Lipinski definition) is 2. The van der Waals surface area contributed by atoms with Crippen LogP contribution in [0.15, 0.2) is 18.2 Å². The van der Waals surface area contributed by atoms with E-state index in [0.717, 1.165) is 5.56 Å². The molecule has 0 heterocycles. The Morgan fingerprint density at radius 3 is 2.87 bits per heavy atom. The standard InChI is InChI=1S/C10H8Cl2N2O/c1-6-2-3-7(11)9(4-6)14-10(15)8(12)5-13/h2-4,8H,1H3,(H,14,15). The smallest absolute Gasteiger partial charge is 0.257 e. The van der Waals surface area contributed by atoms with Crippen LogP contribution in [0.4, 0.5) is 5.69 Å². The highest BCUT2D eigenvalue weighted by Crippen LogP contribution is 2.23. The van der Waals surface area contributed by atoms with Gasteiger partial charge in [-0.3, -0.25) is 4.79 Å². The fourth-order valence-electron chi connectivity index (χ4n) is 0.990. The predicted molar refractivity (Wildman–Crippen MR) is 60.1 cm³/mol. The lowest BCUT2D eigenvalue weighted by atomic mass is 10.2. The highest BCUT2D eigenvalue weighted by Gasteiger charge is 2.15. The first kappa shape index (κ1) is 11.8. The summed E-state index contributed by atoms with van der Waals surface area (Å²) in [6.45, 7) is 1.87. The SMILES string of the molecule is Cc1ccc(Cl)c(NC(=O)C(Cl)C#N)c1. The summed E-state index contributed by atoms with van der Waals surface area (Å²) >= 11 is 11.3. The molecule has 0 aromatic heterocycles. The molecule has 0 radical (unpaired) electrons. The van der Waals surface area contributed by atoms with E-state index in [1.165, 1.54) is 0 Å². The van der Waals surface area contributed by atoms with Gasteiger partial charge in [0.15, 0.2) is 5.38 Å². The summed E-state index contributed by atoms with van der Waals surface area (Å²) in [5, 5.41) is 10.1. The van der Waals surface area contributed by atoms with Crippen LogP contribution in [-0.2, 0) is 4.79 Å². The summed E-state index contributed by atoms with van der Waals surface area (Å²) in [4.78, 5) is 11.3. The molecule has 0 aliphatic carbocycles. The fourth-order valence-corrected chi connectivity index (χ4v) is 1.21. The number of aryl methyl sites for hydroxylation is 1. The van der Waals surface area contributed by atoms with Crippen LogP contribution in [0.2, 0.25) is 5.02 Å². The minimum absolute atomic E-state index is 0.413. The number of nitrogens with zero attached hydrogens (tertiary/aromatic N) is 1. The number of benzene rings is 1. The number of nitriles is 1. The molecule has 3 nitrogen and oxygen atoms in total. The Balaban J connectivity index is 2.86. The van der Waals surface area contributed by atoms with E-state index in [0.29, 0.717) is 10.7 Å². The van der Waals surface area contributed by atoms with Crippen molar-refractivity contribution < 1.29 is 4.79 Å². The van der Waals surface area contributed by atoms with Crippen LogP contribution < -0.4 is 5.32 Å². The number of carbonyl (C=O) groups is 1. The predicted octanol–water partition coefficient (Wildman–Crippen LogP) is 2.72. The molecular weight excluding hydrogens is 235 g/mol. The Hall–Kier alpha value is -1.24. The van der Waals surface area contributed by atoms with E-state index in [1.54, 1.807) is 18.2 Å². The molecule has 1 aromatic rings. The lowest BCUT2D eigenvalue weighted by molar-refractivity contribution is -0.115. The van der Waals surface area contributed by atoms with Crippen molar-refractivity contribution in [2.45, 2.75) is 12.3 Å². The second kappa shape index (κ2) is 5.01. The molecule has 1 atom stereocenters. The summed E-state index contributed by atoms with van der Waals surface area (Å²) < 4.78 is 0. The molecule has 1 aromatic carbocycles. The van der Waals surface area contributed by atoms with Gasteiger partial charge in [-0.15, -0.1) is 0 Å². The van der Waals surface area contributed by atoms with Crippen molar-refractivity contribution in [3.05, 3.63) is 28.8 Å². The monoisotopic (exact) mass is 242 g/mol. The minimum Gasteiger partial charge on any atom is -0.323 e. The molecule has 0 fully saturated rings. The highest BCUT2D eigenvalue weighted by molar-refractivity contribution is 6.36. The van der Waals surface area contributed by atoms with Gasteiger partial charge < -0.3 is 5.32 Å². The molecule has 1 N–H and O–H groups in total. The van der Waals surface area contributed by atoms with Gasteiger partial charge in [0.2, 0.25) is 0 Å². The molecule has 15 heavy (non-hydrogen) atoms. The van der Waals surface area contributed by atoms with Gasteiger partial charge in [-0.05, 0) is 24.6 Å². The van der Waals surface area contributed by atoms with E-state index in [1.807, 2.05) is 13.0 Å². The molecule has 0 spiro atoms. The number of hydrogen-bond donors (Lipinski definition) is 1. The van der Waals surface area contributed by atoms with Crippen LogP contribution in [-0.4, -0.2) is 11.3 Å². The van der Waals surface area contributed by atoms with Crippen molar-refractivity contribution in [2.75, 3.05) is 5.32 Å². The normalized spacial score (nSPS) is 11.6. The third-order valence-electron chi connectivity index (χ3n) is 1.72. The zero-order valence-corrected chi connectivity index (χ0v) is 9.43. The number of rotatable bonds is 2. The van der Waals surface area contributed by atoms with Crippen LogP contribution in [0.5, 0.6) is 0 Å². The Morgan fingerprint density at radius 2 is 2.27 bits per heavy atom. The van der Waals surface area contributed by atoms with Crippen LogP contribution in [0, 0.1) is 18.3 Å². The van der Waals surface area contributed by atoms with Crippen LogP contribution in [0.25, 0.3) is 0 Å². The van der Waals surface area contributed by atoms with Crippen molar-refractivity contribution >= 4 is 34.8 Å². The molecule has 0 saturated carbocycles. The lowest BCUT2D eigenvalue weighted by Crippen LogP contribution is -2.21. The van der Waals surface area contributed by atoms with Gasteiger partial charge in [0.25, 0.3) is 5.91 Å². The topological polar surface area (TPSA) is 52.9 Å². The van der Waals surface area contributed by atoms with Crippen molar-refractivity contribution in [3.63, 3.8) is 0 Å². The Bertz CT molecular complexity index is 426. The van der Waals surface area contributed by atoms with Gasteiger partial charge in [0, 0.05) is 0 Å². The quantitative estimate of drug-likeness (QED) is 0.812. The Kier molecular flexibility index (Phi) is 3.96. The molecule has 78 valence electrons. The summed E-state index contributed by atoms with van der Waals surface area (Å²) in [5.74, 6) is -0.577. The first-order chi connectivity index (χ1) is 7.04. The maximum Gasteiger partial charge on any atom is 0.257 e. The van der Waals surface area contributed by atoms with E-state index >= 15 is 0 Å². The average Bonchev–Trinajstić information content (AvgIpc) is 2.22. The van der Waals surface area contributed by atoms with Crippen molar-refractivity contribution in [3.8, 4) is 6.07 Å². The molecule has 0 saturated heterocycles. The third-order valence-corrected chi connectivity index (χ3v) is 2.35. The number of alkyl halides is 1. The number of nitrogens with one attached hydrogen (secondary N) is 1. The number of halogens is 2. The second-order valence-corrected chi connectivity index (χ2v) is 3.81. The molecular formula is C10H8Cl2N2O. The first-order valence-corrected chi connectivity index (χ1v) is 4.96. The van der Waals surface area contributed by atoms with Crippen LogP contribution in [0.3, 0.4) is 0 Å². The molecule has 0 aliphatic heterocycles. The average molecular weight is 243 g/mol. The third kappa shape index (κ3) is 3.12. The molecule has 1 amide bonds. The molecule has 0 aliphatic rings. The van der Waals surface area contributed by atoms with Gasteiger partial charge in [-0.2, -0.15) is 5.26 Å². The summed E-state index contributed by atoms with van der Waals surface area (Å²) in [6.07, 6.45) is 0. The summed E-state index contributed by atoms with van der Waals surface area (Å²) in [5.41, 5.74) is 1.42. The maximum absolute atomic E-state index is 11.3. The van der Waals surface area contributed by atoms with Gasteiger partial charge in [0.1, 0.15) is 0 Å². The van der Waals surface area contributed by atoms with Crippen molar-refractivity contribution in [1.82, 2.24) is 0 Å². The lowest BCUT2D eigenvalue weighted by Gasteiger charge is -2.07. The number of amides is 1. The summed E-state index contributed by atoms with van der Waals surface area (Å²) in [6, 6.07) is 6.83. The maximum atomic E-state index is 11.3. The van der Waals surface area contributed by atoms with E-state index < -0.39 is 11.3 Å². The van der Waals surface area contributed by atoms with Crippen molar-refractivity contribution in [1.29, 1.82) is 5.26 Å². The zero-order valence-electron chi connectivity index (χ0n) is 7.92. The molecule has 1 unspecified atom stereocenters. The highest BCUT2D eigenvalue weighted by atomic mass is 35.5. The minimum atomic E-state index is -1.21. The van der Waals surface area contributed by atoms with Gasteiger partial charge in [-0.1, -0.05) is 29.3 Å². The first-order valence-electron chi connectivity index (χ1n) is 4.15.